The van der Waals surface area contributed by atoms with Crippen LogP contribution >= 0.6 is 0 Å². The topological polar surface area (TPSA) is 51.1 Å². The fourth-order valence-corrected chi connectivity index (χ4v) is 3.13. The maximum absolute atomic E-state index is 12.5. The van der Waals surface area contributed by atoms with E-state index in [9.17, 15) is 9.59 Å². The Morgan fingerprint density at radius 1 is 0.960 bits per heavy atom. The van der Waals surface area contributed by atoms with E-state index >= 15 is 0 Å². The van der Waals surface area contributed by atoms with Gasteiger partial charge >= 0.3 is 0 Å². The molecule has 3 aromatic rings. The molecule has 1 N–H and O–H groups in total. The van der Waals surface area contributed by atoms with E-state index in [0.29, 0.717) is 5.39 Å². The van der Waals surface area contributed by atoms with Gasteiger partial charge in [0.1, 0.15) is 6.54 Å². The third kappa shape index (κ3) is 3.48. The van der Waals surface area contributed by atoms with E-state index in [1.807, 2.05) is 62.6 Å². The van der Waals surface area contributed by atoms with Gasteiger partial charge in [0.15, 0.2) is 5.43 Å². The molecule has 1 amide bonds. The largest absolute Gasteiger partial charge is 0.338 e. The lowest BCUT2D eigenvalue weighted by Gasteiger charge is -2.13. The summed E-state index contributed by atoms with van der Waals surface area (Å²) in [6, 6.07) is 11.3. The van der Waals surface area contributed by atoms with Gasteiger partial charge in [-0.25, -0.2) is 0 Å². The van der Waals surface area contributed by atoms with E-state index in [4.69, 9.17) is 0 Å². The summed E-state index contributed by atoms with van der Waals surface area (Å²) in [7, 11) is 0. The zero-order chi connectivity index (χ0) is 18.1. The number of hydrogen-bond acceptors (Lipinski definition) is 2. The van der Waals surface area contributed by atoms with E-state index in [1.165, 1.54) is 11.6 Å². The number of nitrogens with zero attached hydrogens (tertiary/aromatic N) is 1. The van der Waals surface area contributed by atoms with Crippen molar-refractivity contribution in [3.05, 3.63) is 75.1 Å². The summed E-state index contributed by atoms with van der Waals surface area (Å²) in [5.41, 5.74) is 5.89. The van der Waals surface area contributed by atoms with Crippen molar-refractivity contribution in [2.45, 2.75) is 34.2 Å². The number of hydrogen-bond donors (Lipinski definition) is 1. The molecule has 1 aromatic heterocycles. The fraction of sp³-hybridized carbons (Fsp3) is 0.238. The highest BCUT2D eigenvalue weighted by Crippen LogP contribution is 2.18. The van der Waals surface area contributed by atoms with Crippen molar-refractivity contribution in [2.75, 3.05) is 5.32 Å². The van der Waals surface area contributed by atoms with Gasteiger partial charge < -0.3 is 9.88 Å². The van der Waals surface area contributed by atoms with Crippen LogP contribution in [0.25, 0.3) is 10.9 Å². The van der Waals surface area contributed by atoms with Crippen molar-refractivity contribution in [3.63, 3.8) is 0 Å². The van der Waals surface area contributed by atoms with Crippen molar-refractivity contribution in [3.8, 4) is 0 Å². The van der Waals surface area contributed by atoms with Crippen LogP contribution in [-0.4, -0.2) is 10.5 Å². The lowest BCUT2D eigenvalue weighted by Crippen LogP contribution is -2.20. The molecule has 0 atom stereocenters. The van der Waals surface area contributed by atoms with Gasteiger partial charge in [-0.15, -0.1) is 0 Å². The summed E-state index contributed by atoms with van der Waals surface area (Å²) in [6.07, 6.45) is 1.68. The summed E-state index contributed by atoms with van der Waals surface area (Å²) in [6.45, 7) is 8.13. The van der Waals surface area contributed by atoms with Gasteiger partial charge in [0.05, 0.1) is 5.52 Å². The lowest BCUT2D eigenvalue weighted by molar-refractivity contribution is -0.116. The molecule has 0 aliphatic rings. The van der Waals surface area contributed by atoms with Crippen LogP contribution in [-0.2, 0) is 11.3 Å². The van der Waals surface area contributed by atoms with E-state index < -0.39 is 0 Å². The smallest absolute Gasteiger partial charge is 0.244 e. The standard InChI is InChI=1S/C21H22N2O2/c1-13-9-16(4)21-18(10-13)23(8-7-19(21)24)12-20(25)22-17-6-5-14(2)15(3)11-17/h5-11H,12H2,1-4H3,(H,22,25). The van der Waals surface area contributed by atoms with Crippen molar-refractivity contribution in [1.82, 2.24) is 4.57 Å². The number of pyridine rings is 1. The molecule has 1 heterocycles. The Kier molecular flexibility index (Phi) is 4.45. The lowest BCUT2D eigenvalue weighted by atomic mass is 10.1. The van der Waals surface area contributed by atoms with E-state index in [0.717, 1.165) is 27.9 Å². The number of aryl methyl sites for hydroxylation is 4. The first kappa shape index (κ1) is 17.0. The number of fused-ring (bicyclic) bond motifs is 1. The second-order valence-electron chi connectivity index (χ2n) is 6.63. The molecule has 25 heavy (non-hydrogen) atoms. The van der Waals surface area contributed by atoms with Crippen molar-refractivity contribution in [1.29, 1.82) is 0 Å². The molecule has 0 aliphatic carbocycles. The Labute approximate surface area is 147 Å². The summed E-state index contributed by atoms with van der Waals surface area (Å²) in [5, 5.41) is 3.60. The second-order valence-corrected chi connectivity index (χ2v) is 6.63. The van der Waals surface area contributed by atoms with Gasteiger partial charge in [-0.1, -0.05) is 12.1 Å². The van der Waals surface area contributed by atoms with E-state index in [2.05, 4.69) is 5.32 Å². The molecule has 0 fully saturated rings. The molecule has 2 aromatic carbocycles. The number of benzene rings is 2. The molecule has 4 nitrogen and oxygen atoms in total. The van der Waals surface area contributed by atoms with Crippen LogP contribution in [0.2, 0.25) is 0 Å². The molecular formula is C21H22N2O2. The first-order valence-corrected chi connectivity index (χ1v) is 8.32. The summed E-state index contributed by atoms with van der Waals surface area (Å²) >= 11 is 0. The van der Waals surface area contributed by atoms with Crippen LogP contribution in [0.1, 0.15) is 22.3 Å². The minimum Gasteiger partial charge on any atom is -0.338 e. The van der Waals surface area contributed by atoms with Gasteiger partial charge in [-0.3, -0.25) is 9.59 Å². The number of rotatable bonds is 3. The maximum atomic E-state index is 12.5. The van der Waals surface area contributed by atoms with Crippen LogP contribution < -0.4 is 10.7 Å². The molecule has 0 spiro atoms. The third-order valence-corrected chi connectivity index (χ3v) is 4.53. The van der Waals surface area contributed by atoms with Gasteiger partial charge in [-0.05, 0) is 68.1 Å². The highest BCUT2D eigenvalue weighted by molar-refractivity contribution is 5.92. The van der Waals surface area contributed by atoms with Crippen LogP contribution in [0.5, 0.6) is 0 Å². The predicted octanol–water partition coefficient (Wildman–Crippen LogP) is 3.87. The molecule has 3 rings (SSSR count). The van der Waals surface area contributed by atoms with Gasteiger partial charge in [-0.2, -0.15) is 0 Å². The Hall–Kier alpha value is -2.88. The van der Waals surface area contributed by atoms with Crippen molar-refractivity contribution >= 4 is 22.5 Å². The quantitative estimate of drug-likeness (QED) is 0.790. The van der Waals surface area contributed by atoms with Crippen LogP contribution in [0.4, 0.5) is 5.69 Å². The average molecular weight is 334 g/mol. The van der Waals surface area contributed by atoms with Crippen LogP contribution in [0.3, 0.4) is 0 Å². The van der Waals surface area contributed by atoms with Gasteiger partial charge in [0.25, 0.3) is 0 Å². The molecule has 0 aliphatic heterocycles. The fourth-order valence-electron chi connectivity index (χ4n) is 3.13. The number of nitrogens with one attached hydrogen (secondary N) is 1. The normalized spacial score (nSPS) is 10.9. The number of carbonyl (C=O) groups excluding carboxylic acids is 1. The molecule has 128 valence electrons. The molecule has 0 radical (unpaired) electrons. The summed E-state index contributed by atoms with van der Waals surface area (Å²) in [5.74, 6) is -0.118. The molecular weight excluding hydrogens is 312 g/mol. The third-order valence-electron chi connectivity index (χ3n) is 4.53. The Morgan fingerprint density at radius 3 is 2.44 bits per heavy atom. The van der Waals surface area contributed by atoms with E-state index in [-0.39, 0.29) is 17.9 Å². The molecule has 0 saturated heterocycles. The zero-order valence-corrected chi connectivity index (χ0v) is 15.0. The Morgan fingerprint density at radius 2 is 1.72 bits per heavy atom. The highest BCUT2D eigenvalue weighted by atomic mass is 16.2. The summed E-state index contributed by atoms with van der Waals surface area (Å²) in [4.78, 5) is 24.7. The predicted molar refractivity (Wildman–Crippen MR) is 102 cm³/mol. The Balaban J connectivity index is 1.92. The molecule has 4 heteroatoms. The first-order valence-electron chi connectivity index (χ1n) is 8.32. The molecule has 0 saturated carbocycles. The van der Waals surface area contributed by atoms with Gasteiger partial charge in [0.2, 0.25) is 5.91 Å². The zero-order valence-electron chi connectivity index (χ0n) is 15.0. The van der Waals surface area contributed by atoms with Crippen molar-refractivity contribution in [2.24, 2.45) is 0 Å². The number of amides is 1. The minimum absolute atomic E-state index is 0.0154. The van der Waals surface area contributed by atoms with Crippen molar-refractivity contribution < 1.29 is 4.79 Å². The minimum atomic E-state index is -0.118. The monoisotopic (exact) mass is 334 g/mol. The molecule has 0 bridgehead atoms. The number of aromatic nitrogens is 1. The van der Waals surface area contributed by atoms with Crippen LogP contribution in [0, 0.1) is 27.7 Å². The Bertz CT molecular complexity index is 1030. The number of carbonyl (C=O) groups is 1. The highest BCUT2D eigenvalue weighted by Gasteiger charge is 2.10. The summed E-state index contributed by atoms with van der Waals surface area (Å²) < 4.78 is 1.83. The second kappa shape index (κ2) is 6.55. The first-order chi connectivity index (χ1) is 11.8. The average Bonchev–Trinajstić information content (AvgIpc) is 2.53. The SMILES string of the molecule is Cc1cc(C)c2c(=O)ccn(CC(=O)Nc3ccc(C)c(C)c3)c2c1. The molecule has 0 unspecified atom stereocenters. The van der Waals surface area contributed by atoms with Gasteiger partial charge in [0, 0.05) is 23.3 Å². The van der Waals surface area contributed by atoms with Crippen LogP contribution in [0.15, 0.2) is 47.4 Å². The van der Waals surface area contributed by atoms with E-state index in [1.54, 1.807) is 6.20 Å². The maximum Gasteiger partial charge on any atom is 0.244 e. The number of anilines is 1.